The van der Waals surface area contributed by atoms with Crippen LogP contribution >= 0.6 is 11.3 Å². The van der Waals surface area contributed by atoms with Gasteiger partial charge in [0.25, 0.3) is 5.56 Å². The Hall–Kier alpha value is -2.41. The summed E-state index contributed by atoms with van der Waals surface area (Å²) in [6.07, 6.45) is 2.98. The molecular weight excluding hydrogens is 376 g/mol. The average Bonchev–Trinajstić information content (AvgIpc) is 3.21. The van der Waals surface area contributed by atoms with Crippen LogP contribution in [-0.4, -0.2) is 20.6 Å². The first-order valence-electron chi connectivity index (χ1n) is 9.49. The van der Waals surface area contributed by atoms with Gasteiger partial charge in [0.05, 0.1) is 11.9 Å². The minimum atomic E-state index is -1.12. The number of carboxylic acids is 1. The maximum absolute atomic E-state index is 13.3. The molecule has 0 amide bonds. The molecule has 148 valence electrons. The molecule has 6 nitrogen and oxygen atoms in total. The Labute approximate surface area is 166 Å². The van der Waals surface area contributed by atoms with Crippen LogP contribution in [0.1, 0.15) is 59.8 Å². The van der Waals surface area contributed by atoms with E-state index in [0.717, 1.165) is 35.0 Å². The van der Waals surface area contributed by atoms with Crippen LogP contribution in [0, 0.1) is 18.3 Å². The number of hydrogen-bond donors (Lipinski definition) is 1. The topological polar surface area (TPSA) is 85.3 Å². The van der Waals surface area contributed by atoms with Crippen molar-refractivity contribution in [3.8, 4) is 0 Å². The summed E-state index contributed by atoms with van der Waals surface area (Å²) in [7, 11) is 0. The lowest BCUT2D eigenvalue weighted by molar-refractivity contribution is 0.0660. The van der Waals surface area contributed by atoms with E-state index in [1.807, 2.05) is 0 Å². The summed E-state index contributed by atoms with van der Waals surface area (Å²) in [4.78, 5) is 31.1. The first kappa shape index (κ1) is 18.9. The third-order valence-corrected chi connectivity index (χ3v) is 6.92. The van der Waals surface area contributed by atoms with Crippen LogP contribution in [0.2, 0.25) is 0 Å². The van der Waals surface area contributed by atoms with Crippen LogP contribution in [0.5, 0.6) is 0 Å². The molecule has 1 aliphatic carbocycles. The second kappa shape index (κ2) is 6.58. The molecule has 3 aromatic heterocycles. The molecule has 0 saturated carbocycles. The van der Waals surface area contributed by atoms with Crippen molar-refractivity contribution >= 4 is 27.5 Å². The van der Waals surface area contributed by atoms with E-state index in [0.29, 0.717) is 17.5 Å². The fourth-order valence-corrected chi connectivity index (χ4v) is 5.35. The highest BCUT2D eigenvalue weighted by Crippen LogP contribution is 2.42. The summed E-state index contributed by atoms with van der Waals surface area (Å²) < 4.78 is 6.91. The first-order chi connectivity index (χ1) is 13.1. The van der Waals surface area contributed by atoms with Crippen molar-refractivity contribution in [2.24, 2.45) is 11.3 Å². The molecule has 1 unspecified atom stereocenters. The normalized spacial score (nSPS) is 17.1. The van der Waals surface area contributed by atoms with Gasteiger partial charge in [-0.3, -0.25) is 9.36 Å². The molecule has 1 atom stereocenters. The van der Waals surface area contributed by atoms with Crippen molar-refractivity contribution in [2.45, 2.75) is 53.5 Å². The number of thiophene rings is 1. The van der Waals surface area contributed by atoms with Crippen molar-refractivity contribution in [3.05, 3.63) is 50.3 Å². The smallest absolute Gasteiger partial charge is 0.371 e. The maximum atomic E-state index is 13.3. The largest absolute Gasteiger partial charge is 0.475 e. The summed E-state index contributed by atoms with van der Waals surface area (Å²) in [6.45, 7) is 8.81. The van der Waals surface area contributed by atoms with E-state index >= 15 is 0 Å². The number of hydrogen-bond acceptors (Lipinski definition) is 5. The van der Waals surface area contributed by atoms with Gasteiger partial charge < -0.3 is 9.52 Å². The molecule has 0 radical (unpaired) electrons. The molecule has 3 aromatic rings. The van der Waals surface area contributed by atoms with Crippen LogP contribution in [0.3, 0.4) is 0 Å². The summed E-state index contributed by atoms with van der Waals surface area (Å²) in [5, 5.41) is 9.75. The Morgan fingerprint density at radius 1 is 1.39 bits per heavy atom. The van der Waals surface area contributed by atoms with E-state index in [1.54, 1.807) is 28.9 Å². The minimum absolute atomic E-state index is 0.0671. The fourth-order valence-electron chi connectivity index (χ4n) is 4.02. The van der Waals surface area contributed by atoms with Crippen molar-refractivity contribution < 1.29 is 14.3 Å². The van der Waals surface area contributed by atoms with Gasteiger partial charge in [-0.1, -0.05) is 20.8 Å². The number of aromatic nitrogens is 2. The quantitative estimate of drug-likeness (QED) is 0.710. The minimum Gasteiger partial charge on any atom is -0.475 e. The molecule has 28 heavy (non-hydrogen) atoms. The summed E-state index contributed by atoms with van der Waals surface area (Å²) in [6, 6.07) is 3.00. The maximum Gasteiger partial charge on any atom is 0.371 e. The Morgan fingerprint density at radius 3 is 2.79 bits per heavy atom. The molecule has 1 N–H and O–H groups in total. The molecule has 3 heterocycles. The molecule has 0 spiro atoms. The van der Waals surface area contributed by atoms with Gasteiger partial charge in [0.15, 0.2) is 0 Å². The number of furan rings is 1. The van der Waals surface area contributed by atoms with E-state index in [9.17, 15) is 9.59 Å². The number of aromatic carboxylic acids is 1. The number of rotatable bonds is 3. The summed E-state index contributed by atoms with van der Waals surface area (Å²) in [5.74, 6) is 0.395. The average molecular weight is 401 g/mol. The molecule has 0 aliphatic heterocycles. The molecular formula is C21H24N2O4S. The number of carboxylic acid groups (broad SMARTS) is 1. The van der Waals surface area contributed by atoms with Gasteiger partial charge in [-0.15, -0.1) is 11.3 Å². The monoisotopic (exact) mass is 400 g/mol. The standard InChI is InChI=1S/C21H24N2O4S/c1-11-22-18-17(14-7-5-12(21(2,3)4)9-16(14)28-18)19(24)23(11)10-13-6-8-15(27-13)20(25)26/h6,8,12H,5,7,9-10H2,1-4H3,(H,25,26). The number of fused-ring (bicyclic) bond motifs is 3. The van der Waals surface area contributed by atoms with E-state index < -0.39 is 5.97 Å². The Balaban J connectivity index is 1.76. The van der Waals surface area contributed by atoms with Gasteiger partial charge >= 0.3 is 5.97 Å². The second-order valence-electron chi connectivity index (χ2n) is 8.61. The Bertz CT molecular complexity index is 1130. The molecule has 0 saturated heterocycles. The summed E-state index contributed by atoms with van der Waals surface area (Å²) in [5.41, 5.74) is 1.33. The van der Waals surface area contributed by atoms with Crippen molar-refractivity contribution in [3.63, 3.8) is 0 Å². The van der Waals surface area contributed by atoms with Gasteiger partial charge in [-0.2, -0.15) is 0 Å². The Morgan fingerprint density at radius 2 is 2.14 bits per heavy atom. The fraction of sp³-hybridized carbons (Fsp3) is 0.476. The third kappa shape index (κ3) is 3.17. The van der Waals surface area contributed by atoms with Gasteiger partial charge in [0.1, 0.15) is 16.4 Å². The third-order valence-electron chi connectivity index (χ3n) is 5.77. The van der Waals surface area contributed by atoms with Crippen molar-refractivity contribution in [1.29, 1.82) is 0 Å². The van der Waals surface area contributed by atoms with E-state index in [4.69, 9.17) is 14.5 Å². The predicted molar refractivity (Wildman–Crippen MR) is 108 cm³/mol. The van der Waals surface area contributed by atoms with Crippen molar-refractivity contribution in [1.82, 2.24) is 9.55 Å². The van der Waals surface area contributed by atoms with Crippen LogP contribution in [0.15, 0.2) is 21.3 Å². The van der Waals surface area contributed by atoms with E-state index in [2.05, 4.69) is 20.8 Å². The molecule has 0 aromatic carbocycles. The Kier molecular flexibility index (Phi) is 4.45. The number of carbonyl (C=O) groups is 1. The van der Waals surface area contributed by atoms with Gasteiger partial charge in [-0.25, -0.2) is 9.78 Å². The number of aryl methyl sites for hydroxylation is 2. The zero-order valence-corrected chi connectivity index (χ0v) is 17.4. The molecule has 1 aliphatic rings. The molecule has 0 fully saturated rings. The van der Waals surface area contributed by atoms with E-state index in [1.165, 1.54) is 10.9 Å². The molecule has 7 heteroatoms. The van der Waals surface area contributed by atoms with E-state index in [-0.39, 0.29) is 23.3 Å². The zero-order valence-electron chi connectivity index (χ0n) is 16.5. The molecule has 0 bridgehead atoms. The van der Waals surface area contributed by atoms with Crippen LogP contribution in [0.25, 0.3) is 10.2 Å². The highest BCUT2D eigenvalue weighted by atomic mass is 32.1. The van der Waals surface area contributed by atoms with Crippen molar-refractivity contribution in [2.75, 3.05) is 0 Å². The van der Waals surface area contributed by atoms with Crippen LogP contribution in [0.4, 0.5) is 0 Å². The number of nitrogens with zero attached hydrogens (tertiary/aromatic N) is 2. The molecule has 4 rings (SSSR count). The predicted octanol–water partition coefficient (Wildman–Crippen LogP) is 4.26. The van der Waals surface area contributed by atoms with Gasteiger partial charge in [0.2, 0.25) is 5.76 Å². The SMILES string of the molecule is Cc1nc2sc3c(c2c(=O)n1Cc1ccc(C(=O)O)o1)CCC(C(C)(C)C)C3. The van der Waals surface area contributed by atoms with Crippen LogP contribution in [-0.2, 0) is 19.4 Å². The zero-order chi connectivity index (χ0) is 20.2. The second-order valence-corrected chi connectivity index (χ2v) is 9.69. The highest BCUT2D eigenvalue weighted by Gasteiger charge is 2.32. The first-order valence-corrected chi connectivity index (χ1v) is 10.3. The highest BCUT2D eigenvalue weighted by molar-refractivity contribution is 7.18. The van der Waals surface area contributed by atoms with Gasteiger partial charge in [0, 0.05) is 4.88 Å². The summed E-state index contributed by atoms with van der Waals surface area (Å²) >= 11 is 1.65. The lowest BCUT2D eigenvalue weighted by Gasteiger charge is -2.33. The van der Waals surface area contributed by atoms with Gasteiger partial charge in [-0.05, 0) is 55.2 Å². The van der Waals surface area contributed by atoms with Crippen LogP contribution < -0.4 is 5.56 Å². The lowest BCUT2D eigenvalue weighted by Crippen LogP contribution is -2.27. The lowest BCUT2D eigenvalue weighted by atomic mass is 9.72.